The van der Waals surface area contributed by atoms with Gasteiger partial charge in [0, 0.05) is 19.0 Å². The highest BCUT2D eigenvalue weighted by Crippen LogP contribution is 2.30. The van der Waals surface area contributed by atoms with Crippen LogP contribution in [0, 0.1) is 5.82 Å². The van der Waals surface area contributed by atoms with Crippen molar-refractivity contribution in [3.05, 3.63) is 40.4 Å². The molecule has 1 heterocycles. The third-order valence-electron chi connectivity index (χ3n) is 2.53. The smallest absolute Gasteiger partial charge is 0.224 e. The van der Waals surface area contributed by atoms with Gasteiger partial charge in [-0.05, 0) is 41.1 Å². The number of ether oxygens (including phenoxy) is 1. The second kappa shape index (κ2) is 6.65. The second-order valence-electron chi connectivity index (χ2n) is 4.07. The van der Waals surface area contributed by atoms with E-state index in [4.69, 9.17) is 4.74 Å². The summed E-state index contributed by atoms with van der Waals surface area (Å²) in [5, 5.41) is 3.13. The summed E-state index contributed by atoms with van der Waals surface area (Å²) in [4.78, 5) is 8.65. The fourth-order valence-corrected chi connectivity index (χ4v) is 2.06. The zero-order chi connectivity index (χ0) is 14.5. The molecule has 4 nitrogen and oxygen atoms in total. The Morgan fingerprint density at radius 2 is 2.05 bits per heavy atom. The Balaban J connectivity index is 2.29. The molecule has 1 aromatic heterocycles. The van der Waals surface area contributed by atoms with Gasteiger partial charge in [-0.2, -0.15) is 4.98 Å². The van der Waals surface area contributed by atoms with Crippen molar-refractivity contribution in [2.75, 3.05) is 11.9 Å². The van der Waals surface area contributed by atoms with Crippen molar-refractivity contribution in [3.63, 3.8) is 0 Å². The molecule has 0 amide bonds. The summed E-state index contributed by atoms with van der Waals surface area (Å²) >= 11 is 3.27. The maximum absolute atomic E-state index is 13.0. The van der Waals surface area contributed by atoms with Crippen LogP contribution < -0.4 is 10.1 Å². The minimum atomic E-state index is -0.325. The van der Waals surface area contributed by atoms with Gasteiger partial charge in [-0.3, -0.25) is 0 Å². The average Bonchev–Trinajstić information content (AvgIpc) is 2.42. The minimum absolute atomic E-state index is 0.325. The lowest BCUT2D eigenvalue weighted by Crippen LogP contribution is -2.04. The first-order chi connectivity index (χ1) is 9.62. The van der Waals surface area contributed by atoms with Crippen LogP contribution in [0.3, 0.4) is 0 Å². The number of aryl methyl sites for hydroxylation is 1. The number of anilines is 1. The van der Waals surface area contributed by atoms with Crippen LogP contribution in [0.4, 0.5) is 10.2 Å². The molecule has 0 radical (unpaired) electrons. The van der Waals surface area contributed by atoms with Gasteiger partial charge in [0.25, 0.3) is 0 Å². The zero-order valence-electron chi connectivity index (χ0n) is 11.3. The normalized spacial score (nSPS) is 10.4. The van der Waals surface area contributed by atoms with Crippen molar-refractivity contribution in [2.45, 2.75) is 20.3 Å². The van der Waals surface area contributed by atoms with Crippen LogP contribution >= 0.6 is 15.9 Å². The van der Waals surface area contributed by atoms with Crippen LogP contribution in [-0.2, 0) is 6.42 Å². The summed E-state index contributed by atoms with van der Waals surface area (Å²) < 4.78 is 19.3. The molecule has 2 rings (SSSR count). The van der Waals surface area contributed by atoms with Crippen LogP contribution in [0.2, 0.25) is 0 Å². The second-order valence-corrected chi connectivity index (χ2v) is 4.92. The minimum Gasteiger partial charge on any atom is -0.438 e. The third kappa shape index (κ3) is 3.66. The molecule has 0 saturated carbocycles. The molecule has 0 fully saturated rings. The molecule has 6 heteroatoms. The van der Waals surface area contributed by atoms with E-state index >= 15 is 0 Å². The SMILES string of the molecule is CCNc1cc(Oc2ccc(F)cc2Br)nc(CC)n1. The number of rotatable bonds is 5. The van der Waals surface area contributed by atoms with Gasteiger partial charge in [0.2, 0.25) is 5.88 Å². The molecule has 0 aliphatic rings. The Labute approximate surface area is 125 Å². The molecule has 1 aromatic carbocycles. The highest BCUT2D eigenvalue weighted by Gasteiger charge is 2.08. The zero-order valence-corrected chi connectivity index (χ0v) is 12.9. The fourth-order valence-electron chi connectivity index (χ4n) is 1.63. The van der Waals surface area contributed by atoms with Crippen molar-refractivity contribution in [1.82, 2.24) is 9.97 Å². The standard InChI is InChI=1S/C14H15BrFN3O/c1-3-12-18-13(17-4-2)8-14(19-12)20-11-6-5-9(16)7-10(11)15/h5-8H,3-4H2,1-2H3,(H,17,18,19). The highest BCUT2D eigenvalue weighted by molar-refractivity contribution is 9.10. The van der Waals surface area contributed by atoms with Crippen molar-refractivity contribution in [2.24, 2.45) is 0 Å². The first-order valence-corrected chi connectivity index (χ1v) is 7.16. The summed E-state index contributed by atoms with van der Waals surface area (Å²) in [5.41, 5.74) is 0. The van der Waals surface area contributed by atoms with Gasteiger partial charge in [0.1, 0.15) is 23.2 Å². The van der Waals surface area contributed by atoms with Crippen LogP contribution in [0.25, 0.3) is 0 Å². The van der Waals surface area contributed by atoms with Crippen LogP contribution in [-0.4, -0.2) is 16.5 Å². The molecule has 0 unspecified atom stereocenters. The van der Waals surface area contributed by atoms with Gasteiger partial charge in [-0.15, -0.1) is 0 Å². The Bertz CT molecular complexity index is 607. The van der Waals surface area contributed by atoms with Gasteiger partial charge in [-0.1, -0.05) is 6.92 Å². The van der Waals surface area contributed by atoms with Crippen molar-refractivity contribution < 1.29 is 9.13 Å². The molecular weight excluding hydrogens is 325 g/mol. The van der Waals surface area contributed by atoms with Crippen LogP contribution in [0.5, 0.6) is 11.6 Å². The first kappa shape index (κ1) is 14.7. The highest BCUT2D eigenvalue weighted by atomic mass is 79.9. The van der Waals surface area contributed by atoms with E-state index in [0.717, 1.165) is 6.54 Å². The molecular formula is C14H15BrFN3O. The summed E-state index contributed by atoms with van der Waals surface area (Å²) in [7, 11) is 0. The summed E-state index contributed by atoms with van der Waals surface area (Å²) in [6.45, 7) is 4.73. The van der Waals surface area contributed by atoms with Crippen molar-refractivity contribution in [1.29, 1.82) is 0 Å². The molecule has 1 N–H and O–H groups in total. The van der Waals surface area contributed by atoms with Gasteiger partial charge in [0.15, 0.2) is 0 Å². The lowest BCUT2D eigenvalue weighted by molar-refractivity contribution is 0.454. The average molecular weight is 340 g/mol. The van der Waals surface area contributed by atoms with Gasteiger partial charge < -0.3 is 10.1 Å². The van der Waals surface area contributed by atoms with Crippen LogP contribution in [0.15, 0.2) is 28.7 Å². The molecule has 0 aliphatic carbocycles. The molecule has 0 spiro atoms. The fraction of sp³-hybridized carbons (Fsp3) is 0.286. The molecule has 2 aromatic rings. The lowest BCUT2D eigenvalue weighted by Gasteiger charge is -2.10. The monoisotopic (exact) mass is 339 g/mol. The van der Waals surface area contributed by atoms with E-state index in [1.54, 1.807) is 12.1 Å². The number of nitrogens with one attached hydrogen (secondary N) is 1. The number of halogens is 2. The van der Waals surface area contributed by atoms with E-state index in [1.807, 2.05) is 13.8 Å². The Kier molecular flexibility index (Phi) is 4.89. The van der Waals surface area contributed by atoms with Crippen LogP contribution in [0.1, 0.15) is 19.7 Å². The predicted octanol–water partition coefficient (Wildman–Crippen LogP) is 4.16. The maximum atomic E-state index is 13.0. The van der Waals surface area contributed by atoms with E-state index in [9.17, 15) is 4.39 Å². The Hall–Kier alpha value is -1.69. The number of hydrogen-bond acceptors (Lipinski definition) is 4. The largest absolute Gasteiger partial charge is 0.438 e. The molecule has 0 atom stereocenters. The molecule has 20 heavy (non-hydrogen) atoms. The van der Waals surface area contributed by atoms with Gasteiger partial charge >= 0.3 is 0 Å². The lowest BCUT2D eigenvalue weighted by atomic mass is 10.3. The van der Waals surface area contributed by atoms with E-state index in [-0.39, 0.29) is 5.82 Å². The molecule has 106 valence electrons. The van der Waals surface area contributed by atoms with Gasteiger partial charge in [0.05, 0.1) is 4.47 Å². The molecule has 0 bridgehead atoms. The number of benzene rings is 1. The van der Waals surface area contributed by atoms with E-state index in [2.05, 4.69) is 31.2 Å². The Morgan fingerprint density at radius 1 is 1.25 bits per heavy atom. The van der Waals surface area contributed by atoms with E-state index < -0.39 is 0 Å². The quantitative estimate of drug-likeness (QED) is 0.888. The summed E-state index contributed by atoms with van der Waals surface area (Å²) in [5.74, 6) is 2.02. The molecule has 0 aliphatic heterocycles. The molecule has 0 saturated heterocycles. The van der Waals surface area contributed by atoms with E-state index in [1.165, 1.54) is 12.1 Å². The number of nitrogens with zero attached hydrogens (tertiary/aromatic N) is 2. The van der Waals surface area contributed by atoms with Crippen molar-refractivity contribution >= 4 is 21.7 Å². The summed E-state index contributed by atoms with van der Waals surface area (Å²) in [6.07, 6.45) is 0.709. The number of hydrogen-bond donors (Lipinski definition) is 1. The van der Waals surface area contributed by atoms with Gasteiger partial charge in [-0.25, -0.2) is 9.37 Å². The Morgan fingerprint density at radius 3 is 2.70 bits per heavy atom. The predicted molar refractivity (Wildman–Crippen MR) is 79.7 cm³/mol. The van der Waals surface area contributed by atoms with E-state index in [0.29, 0.717) is 34.2 Å². The first-order valence-electron chi connectivity index (χ1n) is 6.37. The van der Waals surface area contributed by atoms with Crippen molar-refractivity contribution in [3.8, 4) is 11.6 Å². The summed E-state index contributed by atoms with van der Waals surface area (Å²) in [6, 6.07) is 5.97. The maximum Gasteiger partial charge on any atom is 0.224 e. The topological polar surface area (TPSA) is 47.0 Å². The number of aromatic nitrogens is 2. The third-order valence-corrected chi connectivity index (χ3v) is 3.15.